The van der Waals surface area contributed by atoms with E-state index in [0.29, 0.717) is 12.5 Å². The number of benzene rings is 1. The van der Waals surface area contributed by atoms with Crippen molar-refractivity contribution in [3.63, 3.8) is 0 Å². The minimum absolute atomic E-state index is 0.267. The molecule has 1 aliphatic rings. The van der Waals surface area contributed by atoms with Crippen molar-refractivity contribution in [3.05, 3.63) is 54.4 Å². The number of hydrogen-bond acceptors (Lipinski definition) is 2. The van der Waals surface area contributed by atoms with Crippen LogP contribution >= 0.6 is 0 Å². The van der Waals surface area contributed by atoms with Crippen LogP contribution in [0.3, 0.4) is 0 Å². The topological polar surface area (TPSA) is 34.4 Å². The van der Waals surface area contributed by atoms with Gasteiger partial charge in [0.05, 0.1) is 12.7 Å². The second-order valence-corrected chi connectivity index (χ2v) is 5.48. The van der Waals surface area contributed by atoms with E-state index in [4.69, 9.17) is 4.74 Å². The van der Waals surface area contributed by atoms with Gasteiger partial charge in [-0.05, 0) is 48.9 Å². The van der Waals surface area contributed by atoms with Crippen LogP contribution in [0.15, 0.2) is 48.8 Å². The normalized spacial score (nSPS) is 16.1. The second kappa shape index (κ2) is 6.14. The number of ether oxygens (including phenoxy) is 1. The Kier molecular flexibility index (Phi) is 4.07. The average Bonchev–Trinajstić information content (AvgIpc) is 3.23. The molecule has 1 atom stereocenters. The lowest BCUT2D eigenvalue weighted by Crippen LogP contribution is -2.03. The Hall–Kier alpha value is -1.74. The van der Waals surface area contributed by atoms with Gasteiger partial charge < -0.3 is 14.4 Å². The van der Waals surface area contributed by atoms with Gasteiger partial charge in [-0.3, -0.25) is 0 Å². The van der Waals surface area contributed by atoms with Crippen LogP contribution in [0.25, 0.3) is 0 Å². The summed E-state index contributed by atoms with van der Waals surface area (Å²) in [6.07, 6.45) is 7.13. The summed E-state index contributed by atoms with van der Waals surface area (Å²) in [4.78, 5) is 0. The number of nitrogens with zero attached hydrogens (tertiary/aromatic N) is 1. The van der Waals surface area contributed by atoms with Crippen molar-refractivity contribution in [3.8, 4) is 5.75 Å². The molecule has 1 aliphatic carbocycles. The van der Waals surface area contributed by atoms with Crippen LogP contribution < -0.4 is 4.74 Å². The molecule has 1 N–H and O–H groups in total. The van der Waals surface area contributed by atoms with Gasteiger partial charge in [0.15, 0.2) is 0 Å². The Morgan fingerprint density at radius 3 is 2.75 bits per heavy atom. The zero-order valence-corrected chi connectivity index (χ0v) is 11.6. The minimum atomic E-state index is -0.267. The van der Waals surface area contributed by atoms with Gasteiger partial charge in [-0.2, -0.15) is 0 Å². The van der Waals surface area contributed by atoms with Crippen LogP contribution in [-0.2, 0) is 6.54 Å². The van der Waals surface area contributed by atoms with Crippen molar-refractivity contribution >= 4 is 0 Å². The first-order valence-electron chi connectivity index (χ1n) is 7.34. The van der Waals surface area contributed by atoms with Crippen LogP contribution in [0.1, 0.15) is 30.9 Å². The number of para-hydroxylation sites is 1. The summed E-state index contributed by atoms with van der Waals surface area (Å²) < 4.78 is 7.80. The lowest BCUT2D eigenvalue weighted by molar-refractivity contribution is 0.154. The molecule has 3 heteroatoms. The molecule has 0 spiro atoms. The summed E-state index contributed by atoms with van der Waals surface area (Å²) in [7, 11) is 0. The van der Waals surface area contributed by atoms with Crippen LogP contribution in [0.2, 0.25) is 0 Å². The van der Waals surface area contributed by atoms with E-state index in [1.165, 1.54) is 0 Å². The number of rotatable bonds is 7. The highest BCUT2D eigenvalue weighted by Gasteiger charge is 2.31. The second-order valence-electron chi connectivity index (χ2n) is 5.48. The average molecular weight is 271 g/mol. The van der Waals surface area contributed by atoms with Gasteiger partial charge >= 0.3 is 0 Å². The Labute approximate surface area is 119 Å². The molecule has 0 amide bonds. The van der Waals surface area contributed by atoms with E-state index in [-0.39, 0.29) is 6.10 Å². The highest BCUT2D eigenvalue weighted by atomic mass is 16.5. The van der Waals surface area contributed by atoms with Crippen molar-refractivity contribution in [2.75, 3.05) is 6.61 Å². The third kappa shape index (κ3) is 3.42. The fourth-order valence-electron chi connectivity index (χ4n) is 2.41. The van der Waals surface area contributed by atoms with Gasteiger partial charge in [0.25, 0.3) is 0 Å². The first kappa shape index (κ1) is 13.3. The van der Waals surface area contributed by atoms with Gasteiger partial charge in [0.2, 0.25) is 0 Å². The number of aryl methyl sites for hydroxylation is 1. The Morgan fingerprint density at radius 2 is 2.00 bits per heavy atom. The first-order valence-corrected chi connectivity index (χ1v) is 7.34. The van der Waals surface area contributed by atoms with Crippen molar-refractivity contribution in [1.29, 1.82) is 0 Å². The fourth-order valence-corrected chi connectivity index (χ4v) is 2.41. The molecule has 0 radical (unpaired) electrons. The molecule has 0 aliphatic heterocycles. The third-order valence-electron chi connectivity index (χ3n) is 3.76. The van der Waals surface area contributed by atoms with Crippen molar-refractivity contribution in [2.45, 2.75) is 31.9 Å². The maximum absolute atomic E-state index is 10.1. The third-order valence-corrected chi connectivity index (χ3v) is 3.76. The standard InChI is InChI=1S/C17H21NO2/c19-17(14-7-8-14)15-9-11-18(13-15)10-4-12-20-16-5-2-1-3-6-16/h1-3,5-6,9,11,13-14,17,19H,4,7-8,10,12H2. The van der Waals surface area contributed by atoms with Gasteiger partial charge in [-0.1, -0.05) is 18.2 Å². The van der Waals surface area contributed by atoms with Crippen LogP contribution in [0.5, 0.6) is 5.75 Å². The maximum atomic E-state index is 10.1. The molecule has 20 heavy (non-hydrogen) atoms. The molecule has 0 saturated heterocycles. The molecule has 3 nitrogen and oxygen atoms in total. The summed E-state index contributed by atoms with van der Waals surface area (Å²) in [6, 6.07) is 11.9. The van der Waals surface area contributed by atoms with Crippen molar-refractivity contribution in [2.24, 2.45) is 5.92 Å². The molecule has 106 valence electrons. The predicted molar refractivity (Wildman–Crippen MR) is 78.7 cm³/mol. The van der Waals surface area contributed by atoms with Gasteiger partial charge in [-0.25, -0.2) is 0 Å². The minimum Gasteiger partial charge on any atom is -0.494 e. The predicted octanol–water partition coefficient (Wildman–Crippen LogP) is 3.40. The van der Waals surface area contributed by atoms with Crippen molar-refractivity contribution in [1.82, 2.24) is 4.57 Å². The van der Waals surface area contributed by atoms with Crippen molar-refractivity contribution < 1.29 is 9.84 Å². The summed E-state index contributed by atoms with van der Waals surface area (Å²) in [5.74, 6) is 1.41. The molecule has 2 aromatic rings. The quantitative estimate of drug-likeness (QED) is 0.783. The molecule has 1 saturated carbocycles. The zero-order valence-electron chi connectivity index (χ0n) is 11.6. The highest BCUT2D eigenvalue weighted by molar-refractivity contribution is 5.20. The number of hydrogen-bond donors (Lipinski definition) is 1. The van der Waals surface area contributed by atoms with Crippen LogP contribution in [0.4, 0.5) is 0 Å². The monoisotopic (exact) mass is 271 g/mol. The van der Waals surface area contributed by atoms with E-state index in [2.05, 4.69) is 10.8 Å². The van der Waals surface area contributed by atoms with E-state index in [0.717, 1.165) is 37.1 Å². The molecule has 1 aromatic carbocycles. The summed E-state index contributed by atoms with van der Waals surface area (Å²) in [5.41, 5.74) is 1.05. The van der Waals surface area contributed by atoms with E-state index in [1.54, 1.807) is 0 Å². The molecule has 1 heterocycles. The fraction of sp³-hybridized carbons (Fsp3) is 0.412. The molecule has 1 unspecified atom stereocenters. The van der Waals surface area contributed by atoms with E-state index < -0.39 is 0 Å². The number of aliphatic hydroxyl groups is 1. The molecule has 0 bridgehead atoms. The number of aliphatic hydroxyl groups excluding tert-OH is 1. The molecular weight excluding hydrogens is 250 g/mol. The van der Waals surface area contributed by atoms with Gasteiger partial charge in [0, 0.05) is 18.9 Å². The highest BCUT2D eigenvalue weighted by Crippen LogP contribution is 2.40. The van der Waals surface area contributed by atoms with Crippen LogP contribution in [-0.4, -0.2) is 16.3 Å². The Morgan fingerprint density at radius 1 is 1.20 bits per heavy atom. The Balaban J connectivity index is 1.42. The van der Waals surface area contributed by atoms with E-state index >= 15 is 0 Å². The molecular formula is C17H21NO2. The lowest BCUT2D eigenvalue weighted by Gasteiger charge is -2.07. The molecule has 1 fully saturated rings. The van der Waals surface area contributed by atoms with E-state index in [9.17, 15) is 5.11 Å². The van der Waals surface area contributed by atoms with Gasteiger partial charge in [0.1, 0.15) is 5.75 Å². The van der Waals surface area contributed by atoms with Gasteiger partial charge in [-0.15, -0.1) is 0 Å². The Bertz CT molecular complexity index is 531. The molecule has 1 aromatic heterocycles. The smallest absolute Gasteiger partial charge is 0.119 e. The van der Waals surface area contributed by atoms with Crippen LogP contribution in [0, 0.1) is 5.92 Å². The SMILES string of the molecule is OC(c1ccn(CCCOc2ccccc2)c1)C1CC1. The van der Waals surface area contributed by atoms with E-state index in [1.807, 2.05) is 42.6 Å². The summed E-state index contributed by atoms with van der Waals surface area (Å²) in [5, 5.41) is 10.1. The molecule has 3 rings (SSSR count). The maximum Gasteiger partial charge on any atom is 0.119 e. The largest absolute Gasteiger partial charge is 0.494 e. The lowest BCUT2D eigenvalue weighted by atomic mass is 10.1. The summed E-state index contributed by atoms with van der Waals surface area (Å²) in [6.45, 7) is 1.63. The summed E-state index contributed by atoms with van der Waals surface area (Å²) >= 11 is 0. The zero-order chi connectivity index (χ0) is 13.8. The number of aromatic nitrogens is 1. The first-order chi connectivity index (χ1) is 9.83.